The summed E-state index contributed by atoms with van der Waals surface area (Å²) in [4.78, 5) is 15.6. The van der Waals surface area contributed by atoms with Crippen LogP contribution in [0, 0.1) is 0 Å². The maximum absolute atomic E-state index is 10.9. The van der Waals surface area contributed by atoms with Crippen molar-refractivity contribution in [3.8, 4) is 0 Å². The monoisotopic (exact) mass is 304 g/mol. The average Bonchev–Trinajstić information content (AvgIpc) is 2.87. The predicted octanol–water partition coefficient (Wildman–Crippen LogP) is 2.53. The Morgan fingerprint density at radius 2 is 2.05 bits per heavy atom. The summed E-state index contributed by atoms with van der Waals surface area (Å²) in [5, 5.41) is 0. The van der Waals surface area contributed by atoms with Crippen LogP contribution < -0.4 is 0 Å². The van der Waals surface area contributed by atoms with Crippen molar-refractivity contribution in [3.63, 3.8) is 0 Å². The Bertz CT molecular complexity index is 473. The van der Waals surface area contributed by atoms with Crippen LogP contribution in [0.25, 0.3) is 0 Å². The molecule has 22 heavy (non-hydrogen) atoms. The average molecular weight is 304 g/mol. The molecule has 2 rings (SSSR count). The molecule has 0 aromatic heterocycles. The van der Waals surface area contributed by atoms with Gasteiger partial charge in [0.15, 0.2) is 0 Å². The van der Waals surface area contributed by atoms with E-state index in [0.717, 1.165) is 19.5 Å². The highest BCUT2D eigenvalue weighted by Crippen LogP contribution is 2.31. The van der Waals surface area contributed by atoms with Gasteiger partial charge in [0, 0.05) is 12.6 Å². The molecule has 1 saturated heterocycles. The summed E-state index contributed by atoms with van der Waals surface area (Å²) >= 11 is 0. The van der Waals surface area contributed by atoms with Gasteiger partial charge in [-0.05, 0) is 52.9 Å². The molecule has 0 N–H and O–H groups in total. The molecule has 0 aliphatic carbocycles. The smallest absolute Gasteiger partial charge is 0.293 e. The van der Waals surface area contributed by atoms with E-state index >= 15 is 0 Å². The van der Waals surface area contributed by atoms with Gasteiger partial charge >= 0.3 is 0 Å². The summed E-state index contributed by atoms with van der Waals surface area (Å²) in [6.07, 6.45) is 2.33. The van der Waals surface area contributed by atoms with E-state index in [2.05, 4.69) is 54.2 Å². The normalized spacial score (nSPS) is 21.0. The third-order valence-electron chi connectivity index (χ3n) is 4.63. The zero-order valence-corrected chi connectivity index (χ0v) is 14.2. The lowest BCUT2D eigenvalue weighted by Gasteiger charge is -2.43. The summed E-state index contributed by atoms with van der Waals surface area (Å²) in [5.74, 6) is 0. The summed E-state index contributed by atoms with van der Waals surface area (Å²) in [6, 6.07) is 11.1. The van der Waals surface area contributed by atoms with Gasteiger partial charge in [0.2, 0.25) is 0 Å². The van der Waals surface area contributed by atoms with Gasteiger partial charge in [0.05, 0.1) is 6.04 Å². The molecule has 1 aliphatic rings. The van der Waals surface area contributed by atoms with Gasteiger partial charge in [-0.1, -0.05) is 30.3 Å². The van der Waals surface area contributed by atoms with Crippen LogP contribution in [-0.2, 0) is 16.1 Å². The number of nitrogens with zero attached hydrogens (tertiary/aromatic N) is 2. The lowest BCUT2D eigenvalue weighted by atomic mass is 9.89. The first-order valence-corrected chi connectivity index (χ1v) is 8.01. The van der Waals surface area contributed by atoms with Crippen molar-refractivity contribution in [3.05, 3.63) is 35.9 Å². The van der Waals surface area contributed by atoms with Gasteiger partial charge in [-0.15, -0.1) is 0 Å². The molecule has 4 heteroatoms. The Balaban J connectivity index is 2.17. The molecule has 1 aromatic carbocycles. The van der Waals surface area contributed by atoms with Gasteiger partial charge in [0.25, 0.3) is 6.47 Å². The highest BCUT2D eigenvalue weighted by molar-refractivity contribution is 5.38. The molecule has 4 nitrogen and oxygen atoms in total. The maximum atomic E-state index is 10.9. The highest BCUT2D eigenvalue weighted by Gasteiger charge is 2.43. The molecule has 0 spiro atoms. The van der Waals surface area contributed by atoms with E-state index in [9.17, 15) is 4.79 Å². The predicted molar refractivity (Wildman–Crippen MR) is 88.6 cm³/mol. The molecule has 1 aromatic rings. The third-order valence-corrected chi connectivity index (χ3v) is 4.63. The van der Waals surface area contributed by atoms with E-state index in [1.165, 1.54) is 12.0 Å². The molecule has 1 heterocycles. The maximum Gasteiger partial charge on any atom is 0.293 e. The fourth-order valence-electron chi connectivity index (χ4n) is 3.85. The van der Waals surface area contributed by atoms with Crippen molar-refractivity contribution in [2.24, 2.45) is 0 Å². The van der Waals surface area contributed by atoms with Crippen LogP contribution in [0.1, 0.15) is 32.3 Å². The summed E-state index contributed by atoms with van der Waals surface area (Å²) in [7, 11) is 4.14. The number of rotatable bonds is 7. The molecule has 1 fully saturated rings. The molecule has 0 bridgehead atoms. The summed E-state index contributed by atoms with van der Waals surface area (Å²) in [5.41, 5.74) is 0.830. The number of hydrogen-bond donors (Lipinski definition) is 0. The SMILES string of the molecule is CN(C)C(C1CCCN1Cc1ccccc1)C(C)(C)OC=O. The topological polar surface area (TPSA) is 32.8 Å². The van der Waals surface area contributed by atoms with Gasteiger partial charge in [0.1, 0.15) is 5.60 Å². The Morgan fingerprint density at radius 3 is 2.64 bits per heavy atom. The van der Waals surface area contributed by atoms with Gasteiger partial charge in [-0.3, -0.25) is 9.69 Å². The van der Waals surface area contributed by atoms with Crippen LogP contribution >= 0.6 is 0 Å². The van der Waals surface area contributed by atoms with Gasteiger partial charge in [-0.2, -0.15) is 0 Å². The van der Waals surface area contributed by atoms with E-state index in [0.29, 0.717) is 12.5 Å². The first-order valence-electron chi connectivity index (χ1n) is 8.01. The Hall–Kier alpha value is -1.39. The molecule has 122 valence electrons. The number of likely N-dealkylation sites (N-methyl/N-ethyl adjacent to an activating group) is 1. The first kappa shape index (κ1) is 17.0. The third kappa shape index (κ3) is 3.87. The van der Waals surface area contributed by atoms with Crippen LogP contribution in [0.5, 0.6) is 0 Å². The molecule has 1 aliphatic heterocycles. The van der Waals surface area contributed by atoms with Crippen LogP contribution in [0.3, 0.4) is 0 Å². The first-order chi connectivity index (χ1) is 10.5. The number of carbonyl (C=O) groups is 1. The number of hydrogen-bond acceptors (Lipinski definition) is 4. The van der Waals surface area contributed by atoms with Crippen molar-refractivity contribution < 1.29 is 9.53 Å². The molecule has 2 atom stereocenters. The Kier molecular flexibility index (Phi) is 5.59. The fraction of sp³-hybridized carbons (Fsp3) is 0.611. The summed E-state index contributed by atoms with van der Waals surface area (Å²) < 4.78 is 5.41. The van der Waals surface area contributed by atoms with Crippen molar-refractivity contribution in [1.82, 2.24) is 9.80 Å². The molecule has 0 radical (unpaired) electrons. The molecular weight excluding hydrogens is 276 g/mol. The van der Waals surface area contributed by atoms with Crippen LogP contribution in [-0.4, -0.2) is 54.6 Å². The Labute approximate surface area is 134 Å². The van der Waals surface area contributed by atoms with E-state index in [1.807, 2.05) is 13.8 Å². The standard InChI is InChI=1S/C18H28N2O2/c1-18(2,22-14-21)17(19(3)4)16-11-8-12-20(16)13-15-9-6-5-7-10-15/h5-7,9-10,14,16-17H,8,11-13H2,1-4H3. The minimum Gasteiger partial charge on any atom is -0.460 e. The van der Waals surface area contributed by atoms with Gasteiger partial charge in [-0.25, -0.2) is 0 Å². The number of likely N-dealkylation sites (tertiary alicyclic amines) is 1. The molecule has 0 saturated carbocycles. The largest absolute Gasteiger partial charge is 0.460 e. The molecule has 0 amide bonds. The van der Waals surface area contributed by atoms with Crippen LogP contribution in [0.15, 0.2) is 30.3 Å². The second-order valence-electron chi connectivity index (χ2n) is 6.89. The minimum atomic E-state index is -0.505. The number of ether oxygens (including phenoxy) is 1. The lowest BCUT2D eigenvalue weighted by Crippen LogP contribution is -2.58. The van der Waals surface area contributed by atoms with E-state index in [1.54, 1.807) is 0 Å². The summed E-state index contributed by atoms with van der Waals surface area (Å²) in [6.45, 7) is 6.64. The Morgan fingerprint density at radius 1 is 1.36 bits per heavy atom. The highest BCUT2D eigenvalue weighted by atomic mass is 16.5. The number of carbonyl (C=O) groups excluding carboxylic acids is 1. The van der Waals surface area contributed by atoms with Crippen molar-refractivity contribution in [2.45, 2.75) is 50.9 Å². The van der Waals surface area contributed by atoms with Crippen LogP contribution in [0.2, 0.25) is 0 Å². The van der Waals surface area contributed by atoms with Crippen molar-refractivity contribution >= 4 is 6.47 Å². The van der Waals surface area contributed by atoms with E-state index in [-0.39, 0.29) is 6.04 Å². The minimum absolute atomic E-state index is 0.170. The lowest BCUT2D eigenvalue weighted by molar-refractivity contribution is -0.149. The zero-order valence-electron chi connectivity index (χ0n) is 14.2. The zero-order chi connectivity index (χ0) is 16.2. The van der Waals surface area contributed by atoms with Crippen LogP contribution in [0.4, 0.5) is 0 Å². The second-order valence-corrected chi connectivity index (χ2v) is 6.89. The fourth-order valence-corrected chi connectivity index (χ4v) is 3.85. The van der Waals surface area contributed by atoms with Crippen molar-refractivity contribution in [2.75, 3.05) is 20.6 Å². The molecular formula is C18H28N2O2. The molecule has 2 unspecified atom stereocenters. The van der Waals surface area contributed by atoms with E-state index < -0.39 is 5.60 Å². The number of benzene rings is 1. The van der Waals surface area contributed by atoms with E-state index in [4.69, 9.17) is 4.74 Å². The quantitative estimate of drug-likeness (QED) is 0.725. The second kappa shape index (κ2) is 7.25. The van der Waals surface area contributed by atoms with Crippen molar-refractivity contribution in [1.29, 1.82) is 0 Å². The van der Waals surface area contributed by atoms with Gasteiger partial charge < -0.3 is 9.64 Å².